The summed E-state index contributed by atoms with van der Waals surface area (Å²) in [6, 6.07) is 0. The third-order valence-corrected chi connectivity index (χ3v) is 1.07. The van der Waals surface area contributed by atoms with Crippen LogP contribution in [0.25, 0.3) is 0 Å². The molecule has 7 N–H and O–H groups in total. The van der Waals surface area contributed by atoms with E-state index in [-0.39, 0.29) is 12.4 Å². The molecule has 68 valence electrons. The van der Waals surface area contributed by atoms with E-state index >= 15 is 0 Å². The van der Waals surface area contributed by atoms with E-state index in [1.165, 1.54) is 0 Å². The summed E-state index contributed by atoms with van der Waals surface area (Å²) in [4.78, 5) is 9.76. The number of hydrogen-bond acceptors (Lipinski definition) is 6. The van der Waals surface area contributed by atoms with Gasteiger partial charge in [0.1, 0.15) is 18.3 Å². The molecule has 0 aliphatic rings. The van der Waals surface area contributed by atoms with Crippen molar-refractivity contribution in [2.24, 2.45) is 0 Å². The fourth-order valence-electron chi connectivity index (χ4n) is 0.416. The van der Waals surface area contributed by atoms with E-state index in [0.29, 0.717) is 0 Å². The fraction of sp³-hybridized carbons (Fsp3) is 0.800. The van der Waals surface area contributed by atoms with E-state index in [4.69, 9.17) is 20.4 Å². The van der Waals surface area contributed by atoms with Gasteiger partial charge in [-0.2, -0.15) is 0 Å². The first kappa shape index (κ1) is 13.1. The second-order valence-electron chi connectivity index (χ2n) is 1.87. The van der Waals surface area contributed by atoms with Crippen molar-refractivity contribution in [3.63, 3.8) is 0 Å². The van der Waals surface area contributed by atoms with Crippen LogP contribution < -0.4 is 6.15 Å². The Morgan fingerprint density at radius 1 is 1.27 bits per heavy atom. The highest BCUT2D eigenvalue weighted by molar-refractivity contribution is 5.56. The Balaban J connectivity index is 0. The Hall–Kier alpha value is -0.530. The van der Waals surface area contributed by atoms with Gasteiger partial charge in [0, 0.05) is 0 Å². The summed E-state index contributed by atoms with van der Waals surface area (Å²) in [6.45, 7) is -0.688. The van der Waals surface area contributed by atoms with Gasteiger partial charge in [-0.25, -0.2) is 0 Å². The molecule has 0 amide bonds. The second-order valence-corrected chi connectivity index (χ2v) is 1.87. The monoisotopic (exact) mass is 167 g/mol. The molecular weight excluding hydrogens is 154 g/mol. The third-order valence-electron chi connectivity index (χ3n) is 1.07. The van der Waals surface area contributed by atoms with E-state index in [9.17, 15) is 4.79 Å². The maximum absolute atomic E-state index is 9.76. The van der Waals surface area contributed by atoms with E-state index < -0.39 is 24.9 Å². The molecule has 0 saturated heterocycles. The van der Waals surface area contributed by atoms with Crippen molar-refractivity contribution in [1.82, 2.24) is 6.15 Å². The van der Waals surface area contributed by atoms with Gasteiger partial charge in [-0.05, 0) is 0 Å². The molecule has 0 heterocycles. The predicted molar refractivity (Wildman–Crippen MR) is 36.2 cm³/mol. The normalized spacial score (nSPS) is 17.8. The maximum atomic E-state index is 9.76. The standard InChI is InChI=1S/C5H10O5.H3N/c6-1-3(8)5(10)4(9)2-7;/h1,3-5,7-10H,2H2;1H3/t3-,4+,5+;/m0./s1. The highest BCUT2D eigenvalue weighted by Crippen LogP contribution is 1.96. The number of aldehydes is 1. The van der Waals surface area contributed by atoms with Crippen molar-refractivity contribution < 1.29 is 25.2 Å². The summed E-state index contributed by atoms with van der Waals surface area (Å²) in [5.41, 5.74) is 0. The van der Waals surface area contributed by atoms with Gasteiger partial charge < -0.3 is 31.4 Å². The van der Waals surface area contributed by atoms with Gasteiger partial charge in [0.25, 0.3) is 0 Å². The number of rotatable bonds is 4. The van der Waals surface area contributed by atoms with E-state index in [2.05, 4.69) is 0 Å². The van der Waals surface area contributed by atoms with E-state index in [1.54, 1.807) is 0 Å². The van der Waals surface area contributed by atoms with Crippen LogP contribution in [0.4, 0.5) is 0 Å². The second kappa shape index (κ2) is 6.20. The minimum absolute atomic E-state index is 0. The lowest BCUT2D eigenvalue weighted by atomic mass is 10.1. The van der Waals surface area contributed by atoms with Gasteiger partial charge in [-0.1, -0.05) is 0 Å². The van der Waals surface area contributed by atoms with Crippen molar-refractivity contribution >= 4 is 6.29 Å². The van der Waals surface area contributed by atoms with Crippen LogP contribution in [-0.4, -0.2) is 51.6 Å². The molecule has 0 bridgehead atoms. The maximum Gasteiger partial charge on any atom is 0.151 e. The van der Waals surface area contributed by atoms with Crippen LogP contribution in [0, 0.1) is 0 Å². The molecule has 0 aliphatic heterocycles. The fourth-order valence-corrected chi connectivity index (χ4v) is 0.416. The molecule has 11 heavy (non-hydrogen) atoms. The quantitative estimate of drug-likeness (QED) is 0.292. The lowest BCUT2D eigenvalue weighted by Gasteiger charge is -2.16. The zero-order valence-corrected chi connectivity index (χ0v) is 5.92. The number of aliphatic hydroxyl groups is 4. The van der Waals surface area contributed by atoms with Crippen LogP contribution >= 0.6 is 0 Å². The molecule has 0 aromatic carbocycles. The van der Waals surface area contributed by atoms with Gasteiger partial charge in [0.15, 0.2) is 6.29 Å². The molecule has 0 rings (SSSR count). The molecule has 6 heteroatoms. The number of hydrogen-bond donors (Lipinski definition) is 5. The van der Waals surface area contributed by atoms with Crippen LogP contribution in [0.2, 0.25) is 0 Å². The first-order valence-corrected chi connectivity index (χ1v) is 2.73. The van der Waals surface area contributed by atoms with Crippen LogP contribution in [0.15, 0.2) is 0 Å². The molecule has 0 aromatic heterocycles. The molecule has 0 saturated carbocycles. The Morgan fingerprint density at radius 3 is 2.00 bits per heavy atom. The van der Waals surface area contributed by atoms with Gasteiger partial charge in [-0.15, -0.1) is 0 Å². The predicted octanol–water partition coefficient (Wildman–Crippen LogP) is -2.58. The smallest absolute Gasteiger partial charge is 0.151 e. The molecule has 0 unspecified atom stereocenters. The Kier molecular flexibility index (Phi) is 7.37. The molecule has 0 aliphatic carbocycles. The van der Waals surface area contributed by atoms with Crippen LogP contribution in [-0.2, 0) is 4.79 Å². The largest absolute Gasteiger partial charge is 0.394 e. The number of carbonyl (C=O) groups is 1. The molecule has 0 radical (unpaired) electrons. The van der Waals surface area contributed by atoms with E-state index in [0.717, 1.165) is 0 Å². The first-order valence-electron chi connectivity index (χ1n) is 2.73. The summed E-state index contributed by atoms with van der Waals surface area (Å²) < 4.78 is 0. The van der Waals surface area contributed by atoms with Crippen LogP contribution in [0.5, 0.6) is 0 Å². The van der Waals surface area contributed by atoms with E-state index in [1.807, 2.05) is 0 Å². The molecule has 6 nitrogen and oxygen atoms in total. The Bertz CT molecular complexity index is 109. The molecule has 0 fully saturated rings. The van der Waals surface area contributed by atoms with Gasteiger partial charge >= 0.3 is 0 Å². The summed E-state index contributed by atoms with van der Waals surface area (Å²) in [7, 11) is 0. The van der Waals surface area contributed by atoms with Crippen molar-refractivity contribution in [2.75, 3.05) is 6.61 Å². The van der Waals surface area contributed by atoms with Crippen molar-refractivity contribution in [1.29, 1.82) is 0 Å². The first-order chi connectivity index (χ1) is 4.63. The van der Waals surface area contributed by atoms with Crippen molar-refractivity contribution in [2.45, 2.75) is 18.3 Å². The van der Waals surface area contributed by atoms with Crippen molar-refractivity contribution in [3.05, 3.63) is 0 Å². The number of aliphatic hydroxyl groups excluding tert-OH is 4. The van der Waals surface area contributed by atoms with Crippen molar-refractivity contribution in [3.8, 4) is 0 Å². The SMILES string of the molecule is N.O=C[C@H](O)[C@@H](O)[C@H](O)CO. The minimum Gasteiger partial charge on any atom is -0.394 e. The molecule has 0 spiro atoms. The third kappa shape index (κ3) is 4.02. The topological polar surface area (TPSA) is 133 Å². The highest BCUT2D eigenvalue weighted by Gasteiger charge is 2.22. The van der Waals surface area contributed by atoms with Gasteiger partial charge in [0.2, 0.25) is 0 Å². The van der Waals surface area contributed by atoms with Gasteiger partial charge in [0.05, 0.1) is 6.61 Å². The summed E-state index contributed by atoms with van der Waals surface area (Å²) >= 11 is 0. The average Bonchev–Trinajstić information content (AvgIpc) is 2.00. The highest BCUT2D eigenvalue weighted by atomic mass is 16.4. The van der Waals surface area contributed by atoms with Gasteiger partial charge in [-0.3, -0.25) is 0 Å². The minimum atomic E-state index is -1.64. The average molecular weight is 167 g/mol. The molecule has 3 atom stereocenters. The zero-order chi connectivity index (χ0) is 8.15. The molecular formula is C5H13NO5. The Labute approximate surface area is 63.7 Å². The van der Waals surface area contributed by atoms with Crippen LogP contribution in [0.3, 0.4) is 0 Å². The van der Waals surface area contributed by atoms with Crippen LogP contribution in [0.1, 0.15) is 0 Å². The summed E-state index contributed by atoms with van der Waals surface area (Å²) in [5.74, 6) is 0. The summed E-state index contributed by atoms with van der Waals surface area (Å²) in [5, 5.41) is 34.1. The Morgan fingerprint density at radius 2 is 1.73 bits per heavy atom. The molecule has 0 aromatic rings. The lowest BCUT2D eigenvalue weighted by molar-refractivity contribution is -0.127. The zero-order valence-electron chi connectivity index (χ0n) is 5.92. The lowest BCUT2D eigenvalue weighted by Crippen LogP contribution is -2.40. The summed E-state index contributed by atoms with van der Waals surface area (Å²) in [6.07, 6.45) is -4.63. The number of carbonyl (C=O) groups excluding carboxylic acids is 1.